The highest BCUT2D eigenvalue weighted by Gasteiger charge is 2.22. The predicted octanol–water partition coefficient (Wildman–Crippen LogP) is 0.876. The van der Waals surface area contributed by atoms with Gasteiger partial charge in [-0.15, -0.1) is 0 Å². The average molecular weight is 166 g/mol. The smallest absolute Gasteiger partial charge is 0.126 e. The lowest BCUT2D eigenvalue weighted by Gasteiger charge is -2.06. The Morgan fingerprint density at radius 1 is 1.33 bits per heavy atom. The molecule has 0 saturated carbocycles. The van der Waals surface area contributed by atoms with Gasteiger partial charge in [0.15, 0.2) is 0 Å². The molecule has 2 N–H and O–H groups in total. The van der Waals surface area contributed by atoms with Gasteiger partial charge in [-0.05, 0) is 11.6 Å². The van der Waals surface area contributed by atoms with Crippen molar-refractivity contribution in [3.8, 4) is 0 Å². The third kappa shape index (κ3) is 1.34. The Labute approximate surface area is 71.6 Å². The van der Waals surface area contributed by atoms with Crippen molar-refractivity contribution in [3.05, 3.63) is 35.6 Å². The van der Waals surface area contributed by atoms with Crippen LogP contribution in [0.4, 0.5) is 4.39 Å². The average Bonchev–Trinajstić information content (AvgIpc) is 2.57. The summed E-state index contributed by atoms with van der Waals surface area (Å²) < 4.78 is 13.2. The summed E-state index contributed by atoms with van der Waals surface area (Å²) >= 11 is 0. The molecular formula is C10H13FN+. The van der Waals surface area contributed by atoms with Gasteiger partial charge in [0.1, 0.15) is 5.82 Å². The highest BCUT2D eigenvalue weighted by molar-refractivity contribution is 5.22. The zero-order valence-electron chi connectivity index (χ0n) is 6.96. The van der Waals surface area contributed by atoms with Crippen LogP contribution in [0.3, 0.4) is 0 Å². The Balaban J connectivity index is 2.26. The number of hydrogen-bond donors (Lipinski definition) is 1. The van der Waals surface area contributed by atoms with E-state index >= 15 is 0 Å². The van der Waals surface area contributed by atoms with E-state index in [0.29, 0.717) is 5.92 Å². The van der Waals surface area contributed by atoms with Gasteiger partial charge < -0.3 is 5.32 Å². The van der Waals surface area contributed by atoms with E-state index in [1.54, 1.807) is 12.1 Å². The summed E-state index contributed by atoms with van der Waals surface area (Å²) in [5.74, 6) is 0.393. The molecule has 2 rings (SSSR count). The summed E-state index contributed by atoms with van der Waals surface area (Å²) in [5.41, 5.74) is 0.895. The highest BCUT2D eigenvalue weighted by atomic mass is 19.1. The Bertz CT molecular complexity index is 266. The van der Waals surface area contributed by atoms with Crippen LogP contribution in [-0.2, 0) is 0 Å². The molecule has 1 fully saturated rings. The second-order valence-corrected chi connectivity index (χ2v) is 3.32. The summed E-state index contributed by atoms with van der Waals surface area (Å²) in [6.45, 7) is 2.18. The van der Waals surface area contributed by atoms with Crippen molar-refractivity contribution in [1.29, 1.82) is 0 Å². The lowest BCUT2D eigenvalue weighted by atomic mass is 9.98. The van der Waals surface area contributed by atoms with E-state index in [-0.39, 0.29) is 5.82 Å². The summed E-state index contributed by atoms with van der Waals surface area (Å²) in [4.78, 5) is 0. The van der Waals surface area contributed by atoms with E-state index in [1.165, 1.54) is 0 Å². The minimum Gasteiger partial charge on any atom is -0.346 e. The lowest BCUT2D eigenvalue weighted by Crippen LogP contribution is -2.81. The van der Waals surface area contributed by atoms with Crippen molar-refractivity contribution in [1.82, 2.24) is 0 Å². The van der Waals surface area contributed by atoms with E-state index in [4.69, 9.17) is 0 Å². The molecule has 0 unspecified atom stereocenters. The quantitative estimate of drug-likeness (QED) is 0.637. The van der Waals surface area contributed by atoms with Crippen molar-refractivity contribution >= 4 is 0 Å². The van der Waals surface area contributed by atoms with Crippen LogP contribution in [0.25, 0.3) is 0 Å². The molecule has 0 aromatic heterocycles. The van der Waals surface area contributed by atoms with Gasteiger partial charge in [-0.1, -0.05) is 18.2 Å². The summed E-state index contributed by atoms with van der Waals surface area (Å²) in [6.07, 6.45) is 1.11. The van der Waals surface area contributed by atoms with Crippen LogP contribution in [0, 0.1) is 5.82 Å². The molecule has 1 nitrogen and oxygen atoms in total. The van der Waals surface area contributed by atoms with Crippen LogP contribution in [-0.4, -0.2) is 13.1 Å². The van der Waals surface area contributed by atoms with E-state index in [2.05, 4.69) is 5.32 Å². The highest BCUT2D eigenvalue weighted by Crippen LogP contribution is 2.21. The molecular weight excluding hydrogens is 153 g/mol. The third-order valence-corrected chi connectivity index (χ3v) is 2.52. The fraction of sp³-hybridized carbons (Fsp3) is 0.400. The van der Waals surface area contributed by atoms with Gasteiger partial charge in [-0.25, -0.2) is 4.39 Å². The first-order valence-corrected chi connectivity index (χ1v) is 4.44. The monoisotopic (exact) mass is 166 g/mol. The maximum Gasteiger partial charge on any atom is 0.126 e. The number of nitrogens with two attached hydrogens (primary N) is 1. The van der Waals surface area contributed by atoms with Crippen LogP contribution < -0.4 is 5.32 Å². The molecule has 0 bridgehead atoms. The normalized spacial score (nSPS) is 22.9. The fourth-order valence-corrected chi connectivity index (χ4v) is 1.84. The van der Waals surface area contributed by atoms with Gasteiger partial charge in [-0.2, -0.15) is 0 Å². The predicted molar refractivity (Wildman–Crippen MR) is 45.4 cm³/mol. The molecule has 12 heavy (non-hydrogen) atoms. The van der Waals surface area contributed by atoms with E-state index in [1.807, 2.05) is 12.1 Å². The standard InChI is InChI=1S/C10H12FN/c11-10-4-2-1-3-9(10)8-5-6-12-7-8/h1-4,8,12H,5-7H2/p+1/t8-/m0/s1. The number of benzene rings is 1. The molecule has 0 radical (unpaired) electrons. The topological polar surface area (TPSA) is 16.6 Å². The second kappa shape index (κ2) is 3.23. The van der Waals surface area contributed by atoms with Crippen LogP contribution in [0.2, 0.25) is 0 Å². The van der Waals surface area contributed by atoms with Crippen LogP contribution >= 0.6 is 0 Å². The molecule has 1 aliphatic heterocycles. The number of rotatable bonds is 1. The third-order valence-electron chi connectivity index (χ3n) is 2.52. The summed E-state index contributed by atoms with van der Waals surface area (Å²) in [7, 11) is 0. The number of hydrogen-bond acceptors (Lipinski definition) is 0. The van der Waals surface area contributed by atoms with Crippen LogP contribution in [0.5, 0.6) is 0 Å². The fourth-order valence-electron chi connectivity index (χ4n) is 1.84. The zero-order chi connectivity index (χ0) is 8.39. The molecule has 0 aliphatic carbocycles. The molecule has 1 aromatic carbocycles. The largest absolute Gasteiger partial charge is 0.346 e. The van der Waals surface area contributed by atoms with Gasteiger partial charge in [0, 0.05) is 12.3 Å². The summed E-state index contributed by atoms with van der Waals surface area (Å²) in [5, 5.41) is 2.25. The van der Waals surface area contributed by atoms with Gasteiger partial charge in [0.05, 0.1) is 13.1 Å². The first-order valence-electron chi connectivity index (χ1n) is 4.44. The number of quaternary nitrogens is 1. The van der Waals surface area contributed by atoms with Gasteiger partial charge in [-0.3, -0.25) is 0 Å². The van der Waals surface area contributed by atoms with Crippen molar-refractivity contribution in [2.24, 2.45) is 0 Å². The first kappa shape index (κ1) is 7.74. The van der Waals surface area contributed by atoms with E-state index in [0.717, 1.165) is 25.1 Å². The summed E-state index contributed by atoms with van der Waals surface area (Å²) in [6, 6.07) is 7.11. The minimum absolute atomic E-state index is 0.0437. The maximum atomic E-state index is 13.2. The maximum absolute atomic E-state index is 13.2. The van der Waals surface area contributed by atoms with Crippen molar-refractivity contribution in [2.45, 2.75) is 12.3 Å². The first-order chi connectivity index (χ1) is 5.88. The minimum atomic E-state index is -0.0437. The Morgan fingerprint density at radius 2 is 2.17 bits per heavy atom. The van der Waals surface area contributed by atoms with Gasteiger partial charge >= 0.3 is 0 Å². The molecule has 2 heteroatoms. The molecule has 0 spiro atoms. The molecule has 64 valence electrons. The Kier molecular flexibility index (Phi) is 2.09. The Morgan fingerprint density at radius 3 is 2.83 bits per heavy atom. The van der Waals surface area contributed by atoms with Gasteiger partial charge in [0.25, 0.3) is 0 Å². The molecule has 1 saturated heterocycles. The molecule has 1 aromatic rings. The van der Waals surface area contributed by atoms with Crippen LogP contribution in [0.1, 0.15) is 17.9 Å². The molecule has 0 amide bonds. The second-order valence-electron chi connectivity index (χ2n) is 3.32. The van der Waals surface area contributed by atoms with Crippen molar-refractivity contribution in [2.75, 3.05) is 13.1 Å². The van der Waals surface area contributed by atoms with E-state index < -0.39 is 0 Å². The van der Waals surface area contributed by atoms with E-state index in [9.17, 15) is 4.39 Å². The molecule has 1 atom stereocenters. The SMILES string of the molecule is Fc1ccccc1[C@H]1CC[NH2+]C1. The molecule has 1 aliphatic rings. The van der Waals surface area contributed by atoms with Crippen molar-refractivity contribution in [3.63, 3.8) is 0 Å². The Hall–Kier alpha value is -0.890. The van der Waals surface area contributed by atoms with Crippen LogP contribution in [0.15, 0.2) is 24.3 Å². The number of halogens is 1. The molecule has 1 heterocycles. The van der Waals surface area contributed by atoms with Crippen molar-refractivity contribution < 1.29 is 9.71 Å². The zero-order valence-corrected chi connectivity index (χ0v) is 6.96. The van der Waals surface area contributed by atoms with Gasteiger partial charge in [0.2, 0.25) is 0 Å². The lowest BCUT2D eigenvalue weighted by molar-refractivity contribution is -0.636.